The summed E-state index contributed by atoms with van der Waals surface area (Å²) in [5.41, 5.74) is 3.97. The van der Waals surface area contributed by atoms with Crippen molar-refractivity contribution in [2.75, 3.05) is 0 Å². The van der Waals surface area contributed by atoms with Crippen molar-refractivity contribution in [1.82, 2.24) is 0 Å². The highest BCUT2D eigenvalue weighted by Gasteiger charge is 2.12. The van der Waals surface area contributed by atoms with E-state index in [1.165, 1.54) is 5.56 Å². The molecule has 0 aliphatic carbocycles. The topological polar surface area (TPSA) is 20.2 Å². The second-order valence-corrected chi connectivity index (χ2v) is 5.23. The second kappa shape index (κ2) is 5.31. The van der Waals surface area contributed by atoms with Crippen LogP contribution in [0.25, 0.3) is 0 Å². The largest absolute Gasteiger partial charge is 0.384 e. The lowest BCUT2D eigenvalue weighted by Crippen LogP contribution is -2.00. The van der Waals surface area contributed by atoms with Crippen LogP contribution in [-0.4, -0.2) is 5.11 Å². The van der Waals surface area contributed by atoms with E-state index < -0.39 is 6.10 Å². The summed E-state index contributed by atoms with van der Waals surface area (Å²) in [5, 5.41) is 11.3. The molecule has 0 heterocycles. The monoisotopic (exact) mass is 280 g/mol. The van der Waals surface area contributed by atoms with Crippen LogP contribution in [0.5, 0.6) is 0 Å². The van der Waals surface area contributed by atoms with Crippen LogP contribution in [0.15, 0.2) is 36.4 Å². The van der Waals surface area contributed by atoms with E-state index in [9.17, 15) is 5.11 Å². The van der Waals surface area contributed by atoms with Crippen LogP contribution in [0, 0.1) is 13.8 Å². The Morgan fingerprint density at radius 2 is 1.44 bits per heavy atom. The third-order valence-corrected chi connectivity index (χ3v) is 3.85. The van der Waals surface area contributed by atoms with Gasteiger partial charge in [-0.1, -0.05) is 47.5 Å². The fourth-order valence-electron chi connectivity index (χ4n) is 1.81. The first-order valence-electron chi connectivity index (χ1n) is 5.69. The molecule has 0 amide bonds. The Labute approximate surface area is 117 Å². The first kappa shape index (κ1) is 13.4. The average Bonchev–Trinajstić information content (AvgIpc) is 2.35. The molecule has 0 aromatic heterocycles. The van der Waals surface area contributed by atoms with Crippen molar-refractivity contribution in [3.05, 3.63) is 68.7 Å². The zero-order valence-corrected chi connectivity index (χ0v) is 11.8. The summed E-state index contributed by atoms with van der Waals surface area (Å²) in [5.74, 6) is 0. The van der Waals surface area contributed by atoms with E-state index in [2.05, 4.69) is 0 Å². The Morgan fingerprint density at radius 1 is 0.833 bits per heavy atom. The second-order valence-electron chi connectivity index (χ2n) is 4.42. The highest BCUT2D eigenvalue weighted by Crippen LogP contribution is 2.29. The molecule has 0 fully saturated rings. The van der Waals surface area contributed by atoms with Gasteiger partial charge in [0.05, 0.1) is 10.0 Å². The van der Waals surface area contributed by atoms with Crippen molar-refractivity contribution < 1.29 is 5.11 Å². The van der Waals surface area contributed by atoms with Crippen LogP contribution in [0.4, 0.5) is 0 Å². The number of rotatable bonds is 2. The van der Waals surface area contributed by atoms with Gasteiger partial charge in [0, 0.05) is 0 Å². The number of aliphatic hydroxyl groups is 1. The maximum absolute atomic E-state index is 10.3. The van der Waals surface area contributed by atoms with E-state index in [4.69, 9.17) is 23.2 Å². The molecule has 2 rings (SSSR count). The molecule has 0 aliphatic heterocycles. The zero-order chi connectivity index (χ0) is 13.3. The summed E-state index contributed by atoms with van der Waals surface area (Å²) >= 11 is 11.8. The Morgan fingerprint density at radius 3 is 2.06 bits per heavy atom. The molecule has 2 aromatic carbocycles. The normalized spacial score (nSPS) is 12.5. The quantitative estimate of drug-likeness (QED) is 0.846. The Hall–Kier alpha value is -1.02. The van der Waals surface area contributed by atoms with Crippen molar-refractivity contribution in [1.29, 1.82) is 0 Å². The molecule has 0 saturated carbocycles. The molecular formula is C15H14Cl2O. The fraction of sp³-hybridized carbons (Fsp3) is 0.200. The minimum Gasteiger partial charge on any atom is -0.384 e. The van der Waals surface area contributed by atoms with E-state index in [-0.39, 0.29) is 0 Å². The smallest absolute Gasteiger partial charge is 0.104 e. The number of aliphatic hydroxyl groups excluding tert-OH is 1. The van der Waals surface area contributed by atoms with E-state index >= 15 is 0 Å². The van der Waals surface area contributed by atoms with E-state index in [1.54, 1.807) is 18.2 Å². The number of benzene rings is 2. The van der Waals surface area contributed by atoms with Crippen molar-refractivity contribution in [2.45, 2.75) is 20.0 Å². The molecule has 0 bridgehead atoms. The molecule has 0 unspecified atom stereocenters. The Bertz CT molecular complexity index is 527. The molecule has 0 spiro atoms. The van der Waals surface area contributed by atoms with Gasteiger partial charge in [0.2, 0.25) is 0 Å². The zero-order valence-electron chi connectivity index (χ0n) is 10.2. The van der Waals surface area contributed by atoms with Gasteiger partial charge in [-0.25, -0.2) is 0 Å². The molecule has 18 heavy (non-hydrogen) atoms. The lowest BCUT2D eigenvalue weighted by Gasteiger charge is -2.14. The minimum atomic E-state index is -0.681. The van der Waals surface area contributed by atoms with Gasteiger partial charge in [-0.05, 0) is 48.2 Å². The minimum absolute atomic E-state index is 0.456. The lowest BCUT2D eigenvalue weighted by atomic mass is 9.98. The third kappa shape index (κ3) is 2.69. The van der Waals surface area contributed by atoms with Gasteiger partial charge >= 0.3 is 0 Å². The average molecular weight is 281 g/mol. The molecule has 0 radical (unpaired) electrons. The first-order chi connectivity index (χ1) is 8.49. The van der Waals surface area contributed by atoms with E-state index in [0.29, 0.717) is 10.0 Å². The molecule has 1 N–H and O–H groups in total. The molecule has 3 heteroatoms. The Kier molecular flexibility index (Phi) is 3.96. The highest BCUT2D eigenvalue weighted by atomic mass is 35.5. The van der Waals surface area contributed by atoms with Crippen LogP contribution in [0.3, 0.4) is 0 Å². The van der Waals surface area contributed by atoms with Crippen LogP contribution in [0.2, 0.25) is 10.0 Å². The van der Waals surface area contributed by atoms with Crippen LogP contribution < -0.4 is 0 Å². The van der Waals surface area contributed by atoms with Crippen molar-refractivity contribution in [2.24, 2.45) is 0 Å². The molecule has 94 valence electrons. The molecule has 1 atom stereocenters. The standard InChI is InChI=1S/C15H14Cl2O/c1-9-3-4-11(7-10(9)2)15(18)12-5-6-13(16)14(17)8-12/h3-8,15,18H,1-2H3/t15-/m0/s1. The first-order valence-corrected chi connectivity index (χ1v) is 6.45. The summed E-state index contributed by atoms with van der Waals surface area (Å²) in [7, 11) is 0. The number of halogens is 2. The van der Waals surface area contributed by atoms with Crippen LogP contribution in [0.1, 0.15) is 28.4 Å². The summed E-state index contributed by atoms with van der Waals surface area (Å²) in [4.78, 5) is 0. The van der Waals surface area contributed by atoms with Gasteiger partial charge in [0.15, 0.2) is 0 Å². The maximum Gasteiger partial charge on any atom is 0.104 e. The third-order valence-electron chi connectivity index (χ3n) is 3.11. The fourth-order valence-corrected chi connectivity index (χ4v) is 2.12. The number of hydrogen-bond acceptors (Lipinski definition) is 1. The van der Waals surface area contributed by atoms with Gasteiger partial charge in [0.25, 0.3) is 0 Å². The predicted octanol–water partition coefficient (Wildman–Crippen LogP) is 4.69. The summed E-state index contributed by atoms with van der Waals surface area (Å²) in [6.45, 7) is 4.07. The predicted molar refractivity (Wildman–Crippen MR) is 76.4 cm³/mol. The number of aryl methyl sites for hydroxylation is 2. The van der Waals surface area contributed by atoms with Gasteiger partial charge in [-0.15, -0.1) is 0 Å². The van der Waals surface area contributed by atoms with Gasteiger partial charge in [-0.3, -0.25) is 0 Å². The highest BCUT2D eigenvalue weighted by molar-refractivity contribution is 6.42. The molecule has 2 aromatic rings. The van der Waals surface area contributed by atoms with E-state index in [0.717, 1.165) is 16.7 Å². The summed E-state index contributed by atoms with van der Waals surface area (Å²) in [6.07, 6.45) is -0.681. The van der Waals surface area contributed by atoms with Crippen LogP contribution >= 0.6 is 23.2 Å². The lowest BCUT2D eigenvalue weighted by molar-refractivity contribution is 0.220. The molecule has 1 nitrogen and oxygen atoms in total. The van der Waals surface area contributed by atoms with Crippen molar-refractivity contribution in [3.8, 4) is 0 Å². The Balaban J connectivity index is 2.37. The maximum atomic E-state index is 10.3. The van der Waals surface area contributed by atoms with Crippen LogP contribution in [-0.2, 0) is 0 Å². The van der Waals surface area contributed by atoms with E-state index in [1.807, 2.05) is 32.0 Å². The van der Waals surface area contributed by atoms with Gasteiger partial charge in [0.1, 0.15) is 6.10 Å². The van der Waals surface area contributed by atoms with Gasteiger partial charge in [-0.2, -0.15) is 0 Å². The molecule has 0 saturated heterocycles. The van der Waals surface area contributed by atoms with Crippen molar-refractivity contribution >= 4 is 23.2 Å². The summed E-state index contributed by atoms with van der Waals surface area (Å²) < 4.78 is 0. The SMILES string of the molecule is Cc1ccc([C@H](O)c2ccc(Cl)c(Cl)c2)cc1C. The molecule has 0 aliphatic rings. The molecular weight excluding hydrogens is 267 g/mol. The van der Waals surface area contributed by atoms with Crippen molar-refractivity contribution in [3.63, 3.8) is 0 Å². The number of hydrogen-bond donors (Lipinski definition) is 1. The van der Waals surface area contributed by atoms with Gasteiger partial charge < -0.3 is 5.11 Å². The summed E-state index contributed by atoms with van der Waals surface area (Å²) in [6, 6.07) is 11.1.